The van der Waals surface area contributed by atoms with Crippen LogP contribution >= 0.6 is 0 Å². The van der Waals surface area contributed by atoms with E-state index in [4.69, 9.17) is 4.74 Å². The largest absolute Gasteiger partial charge is 0.484 e. The molecule has 0 fully saturated rings. The van der Waals surface area contributed by atoms with Crippen LogP contribution in [0.3, 0.4) is 0 Å². The van der Waals surface area contributed by atoms with Gasteiger partial charge >= 0.3 is 0 Å². The molecule has 6 nitrogen and oxygen atoms in total. The average Bonchev–Trinajstić information content (AvgIpc) is 2.74. The fourth-order valence-corrected chi connectivity index (χ4v) is 4.32. The van der Waals surface area contributed by atoms with Crippen molar-refractivity contribution in [1.29, 1.82) is 0 Å². The van der Waals surface area contributed by atoms with Crippen molar-refractivity contribution in [1.82, 2.24) is 5.32 Å². The number of nitrogens with one attached hydrogen (secondary N) is 2. The minimum atomic E-state index is -3.74. The summed E-state index contributed by atoms with van der Waals surface area (Å²) in [7, 11) is -3.74. The average molecular weight is 453 g/mol. The van der Waals surface area contributed by atoms with Crippen molar-refractivity contribution >= 4 is 21.6 Å². The van der Waals surface area contributed by atoms with Crippen LogP contribution in [0.25, 0.3) is 0 Å². The van der Waals surface area contributed by atoms with Crippen molar-refractivity contribution in [2.24, 2.45) is 0 Å². The van der Waals surface area contributed by atoms with Crippen LogP contribution in [0.5, 0.6) is 5.75 Å². The van der Waals surface area contributed by atoms with Gasteiger partial charge in [0.05, 0.1) is 4.90 Å². The third-order valence-corrected chi connectivity index (χ3v) is 6.53. The van der Waals surface area contributed by atoms with Crippen molar-refractivity contribution < 1.29 is 17.9 Å². The number of sulfonamides is 1. The topological polar surface area (TPSA) is 84.5 Å². The zero-order valence-corrected chi connectivity index (χ0v) is 19.5. The SMILES string of the molecule is Cc1cccc(CNC(=O)COc2ccc(S(=O)(=O)Nc3ccc(C)c(C)c3)cc2C)c1. The Bertz CT molecular complexity index is 1240. The van der Waals surface area contributed by atoms with E-state index >= 15 is 0 Å². The Hall–Kier alpha value is -3.32. The summed E-state index contributed by atoms with van der Waals surface area (Å²) in [4.78, 5) is 12.3. The highest BCUT2D eigenvalue weighted by Gasteiger charge is 2.16. The van der Waals surface area contributed by atoms with Crippen LogP contribution < -0.4 is 14.8 Å². The summed E-state index contributed by atoms with van der Waals surface area (Å²) < 4.78 is 33.7. The summed E-state index contributed by atoms with van der Waals surface area (Å²) in [6.07, 6.45) is 0. The molecule has 0 atom stereocenters. The van der Waals surface area contributed by atoms with Crippen LogP contribution in [0, 0.1) is 27.7 Å². The molecule has 32 heavy (non-hydrogen) atoms. The third-order valence-electron chi connectivity index (χ3n) is 5.15. The number of ether oxygens (including phenoxy) is 1. The van der Waals surface area contributed by atoms with E-state index in [0.29, 0.717) is 23.5 Å². The fourth-order valence-electron chi connectivity index (χ4n) is 3.19. The number of benzene rings is 3. The fraction of sp³-hybridized carbons (Fsp3) is 0.240. The molecule has 0 aliphatic carbocycles. The van der Waals surface area contributed by atoms with Gasteiger partial charge in [-0.1, -0.05) is 35.9 Å². The number of rotatable bonds is 8. The number of carbonyl (C=O) groups is 1. The van der Waals surface area contributed by atoms with Gasteiger partial charge in [0, 0.05) is 12.2 Å². The minimum absolute atomic E-state index is 0.129. The molecule has 0 unspecified atom stereocenters. The predicted molar refractivity (Wildman–Crippen MR) is 126 cm³/mol. The molecule has 0 aromatic heterocycles. The standard InChI is InChI=1S/C25H28N2O4S/c1-17-6-5-7-21(12-17)15-26-25(28)16-31-24-11-10-23(14-20(24)4)32(29,30)27-22-9-8-18(2)19(3)13-22/h5-14,27H,15-16H2,1-4H3,(H,26,28). The van der Waals surface area contributed by atoms with Crippen LogP contribution in [-0.4, -0.2) is 20.9 Å². The molecular formula is C25H28N2O4S. The third kappa shape index (κ3) is 6.11. The Morgan fingerprint density at radius 2 is 1.66 bits per heavy atom. The molecule has 0 saturated heterocycles. The normalized spacial score (nSPS) is 11.1. The number of hydrogen-bond donors (Lipinski definition) is 2. The molecule has 3 aromatic carbocycles. The lowest BCUT2D eigenvalue weighted by Gasteiger charge is -2.13. The van der Waals surface area contributed by atoms with Gasteiger partial charge in [-0.3, -0.25) is 9.52 Å². The van der Waals surface area contributed by atoms with Crippen LogP contribution in [0.15, 0.2) is 65.6 Å². The van der Waals surface area contributed by atoms with Crippen molar-refractivity contribution in [3.05, 3.63) is 88.5 Å². The van der Waals surface area contributed by atoms with Gasteiger partial charge in [0.2, 0.25) is 0 Å². The smallest absolute Gasteiger partial charge is 0.261 e. The number of amides is 1. The molecule has 0 radical (unpaired) electrons. The van der Waals surface area contributed by atoms with Crippen molar-refractivity contribution in [3.8, 4) is 5.75 Å². The Morgan fingerprint density at radius 1 is 0.875 bits per heavy atom. The first-order valence-electron chi connectivity index (χ1n) is 10.3. The van der Waals surface area contributed by atoms with Crippen molar-refractivity contribution in [2.45, 2.75) is 39.1 Å². The highest BCUT2D eigenvalue weighted by molar-refractivity contribution is 7.92. The van der Waals surface area contributed by atoms with Gasteiger partial charge in [0.1, 0.15) is 5.75 Å². The zero-order valence-electron chi connectivity index (χ0n) is 18.7. The first kappa shape index (κ1) is 23.3. The van der Waals surface area contributed by atoms with Gasteiger partial charge in [0.15, 0.2) is 6.61 Å². The Labute approximate surface area is 189 Å². The second-order valence-corrected chi connectivity index (χ2v) is 9.57. The van der Waals surface area contributed by atoms with E-state index in [0.717, 1.165) is 22.3 Å². The van der Waals surface area contributed by atoms with Crippen LogP contribution in [0.1, 0.15) is 27.8 Å². The number of aryl methyl sites for hydroxylation is 4. The summed E-state index contributed by atoms with van der Waals surface area (Å²) in [6.45, 7) is 7.91. The van der Waals surface area contributed by atoms with E-state index < -0.39 is 10.0 Å². The van der Waals surface area contributed by atoms with Crippen molar-refractivity contribution in [2.75, 3.05) is 11.3 Å². The Balaban J connectivity index is 1.60. The minimum Gasteiger partial charge on any atom is -0.484 e. The number of hydrogen-bond acceptors (Lipinski definition) is 4. The molecule has 0 aliphatic rings. The van der Waals surface area contributed by atoms with Gasteiger partial charge in [-0.25, -0.2) is 8.42 Å². The van der Waals surface area contributed by atoms with Gasteiger partial charge in [0.25, 0.3) is 15.9 Å². The molecule has 1 amide bonds. The lowest BCUT2D eigenvalue weighted by atomic mass is 10.1. The predicted octanol–water partition coefficient (Wildman–Crippen LogP) is 4.42. The van der Waals surface area contributed by atoms with Crippen molar-refractivity contribution in [3.63, 3.8) is 0 Å². The molecule has 2 N–H and O–H groups in total. The molecule has 0 saturated carbocycles. The van der Waals surface area contributed by atoms with Crippen LogP contribution in [0.4, 0.5) is 5.69 Å². The molecule has 168 valence electrons. The molecule has 3 rings (SSSR count). The second kappa shape index (κ2) is 9.87. The molecule has 0 aliphatic heterocycles. The van der Waals surface area contributed by atoms with Crippen LogP contribution in [-0.2, 0) is 21.4 Å². The summed E-state index contributed by atoms with van der Waals surface area (Å²) in [6, 6.07) is 17.9. The number of anilines is 1. The molecule has 0 spiro atoms. The Morgan fingerprint density at radius 3 is 2.34 bits per heavy atom. The van der Waals surface area contributed by atoms with Gasteiger partial charge in [-0.15, -0.1) is 0 Å². The van der Waals surface area contributed by atoms with E-state index in [1.807, 2.05) is 51.1 Å². The van der Waals surface area contributed by atoms with Crippen LogP contribution in [0.2, 0.25) is 0 Å². The summed E-state index contributed by atoms with van der Waals surface area (Å²) >= 11 is 0. The van der Waals surface area contributed by atoms with Gasteiger partial charge < -0.3 is 10.1 Å². The highest BCUT2D eigenvalue weighted by Crippen LogP contribution is 2.24. The molecular weight excluding hydrogens is 424 g/mol. The number of carbonyl (C=O) groups excluding carboxylic acids is 1. The summed E-state index contributed by atoms with van der Waals surface area (Å²) in [5, 5.41) is 2.82. The molecule has 0 bridgehead atoms. The maximum Gasteiger partial charge on any atom is 0.261 e. The van der Waals surface area contributed by atoms with Gasteiger partial charge in [-0.05, 0) is 80.3 Å². The highest BCUT2D eigenvalue weighted by atomic mass is 32.2. The lowest BCUT2D eigenvalue weighted by Crippen LogP contribution is -2.28. The Kier molecular flexibility index (Phi) is 7.20. The monoisotopic (exact) mass is 452 g/mol. The lowest BCUT2D eigenvalue weighted by molar-refractivity contribution is -0.123. The first-order valence-corrected chi connectivity index (χ1v) is 11.8. The first-order chi connectivity index (χ1) is 15.1. The summed E-state index contributed by atoms with van der Waals surface area (Å²) in [5.74, 6) is 0.208. The molecule has 0 heterocycles. The molecule has 3 aromatic rings. The van der Waals surface area contributed by atoms with Gasteiger partial charge in [-0.2, -0.15) is 0 Å². The second-order valence-electron chi connectivity index (χ2n) is 7.89. The van der Waals surface area contributed by atoms with E-state index in [9.17, 15) is 13.2 Å². The van der Waals surface area contributed by atoms with E-state index in [1.165, 1.54) is 12.1 Å². The molecule has 7 heteroatoms. The maximum atomic E-state index is 12.8. The van der Waals surface area contributed by atoms with E-state index in [-0.39, 0.29) is 17.4 Å². The zero-order chi connectivity index (χ0) is 23.3. The van der Waals surface area contributed by atoms with E-state index in [1.54, 1.807) is 25.1 Å². The van der Waals surface area contributed by atoms with E-state index in [2.05, 4.69) is 10.0 Å². The summed E-state index contributed by atoms with van der Waals surface area (Å²) in [5.41, 5.74) is 5.38. The maximum absolute atomic E-state index is 12.8. The quantitative estimate of drug-likeness (QED) is 0.530.